The lowest BCUT2D eigenvalue weighted by atomic mass is 9.57. The van der Waals surface area contributed by atoms with Gasteiger partial charge >= 0.3 is 0 Å². The smallest absolute Gasteiger partial charge is 0.0700 e. The topological polar surface area (TPSA) is 73.8 Å². The van der Waals surface area contributed by atoms with E-state index >= 15 is 0 Å². The van der Waals surface area contributed by atoms with Crippen LogP contribution in [0.5, 0.6) is 0 Å². The van der Waals surface area contributed by atoms with E-state index in [-0.39, 0.29) is 21.7 Å². The molecule has 0 aliphatic heterocycles. The molecule has 5 rings (SSSR count). The van der Waals surface area contributed by atoms with Crippen LogP contribution in [-0.4, -0.2) is 108 Å². The number of rotatable bonds is 20. The average Bonchev–Trinajstić information content (AvgIpc) is 3.47. The van der Waals surface area contributed by atoms with Crippen LogP contribution in [0.1, 0.15) is 13.8 Å². The van der Waals surface area contributed by atoms with E-state index < -0.39 is 0 Å². The third-order valence-electron chi connectivity index (χ3n) is 9.23. The lowest BCUT2D eigenvalue weighted by Gasteiger charge is -2.50. The Kier molecular flexibility index (Phi) is 8.12. The van der Waals surface area contributed by atoms with Crippen molar-refractivity contribution in [1.82, 2.24) is 0 Å². The van der Waals surface area contributed by atoms with Gasteiger partial charge in [0.05, 0.1) is 79.3 Å². The first-order valence-electron chi connectivity index (χ1n) is 12.5. The Morgan fingerprint density at radius 1 is 0.500 bits per heavy atom. The van der Waals surface area contributed by atoms with E-state index in [0.29, 0.717) is 91.1 Å². The lowest BCUT2D eigenvalue weighted by Crippen LogP contribution is -2.55. The molecule has 34 heavy (non-hydrogen) atoms. The Morgan fingerprint density at radius 2 is 0.765 bits per heavy atom. The van der Waals surface area contributed by atoms with Crippen LogP contribution in [0.25, 0.3) is 0 Å². The van der Waals surface area contributed by atoms with Gasteiger partial charge < -0.3 is 37.9 Å². The second kappa shape index (κ2) is 10.4. The molecule has 0 spiro atoms. The van der Waals surface area contributed by atoms with Crippen molar-refractivity contribution in [3.63, 3.8) is 0 Å². The molecule has 0 unspecified atom stereocenters. The van der Waals surface area contributed by atoms with E-state index in [1.54, 1.807) is 34.0 Å². The van der Waals surface area contributed by atoms with Crippen LogP contribution in [0.4, 0.5) is 0 Å². The fourth-order valence-electron chi connectivity index (χ4n) is 8.43. The maximum atomic E-state index is 6.27. The minimum atomic E-state index is 0.0236. The van der Waals surface area contributed by atoms with Crippen LogP contribution in [0.3, 0.4) is 0 Å². The molecule has 2 bridgehead atoms. The highest BCUT2D eigenvalue weighted by Crippen LogP contribution is 3.16. The quantitative estimate of drug-likeness (QED) is 0.192. The molecular formula is C26H44O8. The second-order valence-electron chi connectivity index (χ2n) is 10.4. The number of allylic oxidation sites excluding steroid dienone is 2. The normalized spacial score (nSPS) is 38.1. The van der Waals surface area contributed by atoms with Gasteiger partial charge in [0, 0.05) is 50.1 Å². The monoisotopic (exact) mass is 484 g/mol. The van der Waals surface area contributed by atoms with E-state index in [0.717, 1.165) is 0 Å². The molecular weight excluding hydrogens is 440 g/mol. The zero-order chi connectivity index (χ0) is 24.5. The Hall–Kier alpha value is -0.580. The number of hydrogen-bond acceptors (Lipinski definition) is 8. The molecule has 5 aliphatic carbocycles. The Labute approximate surface area is 204 Å². The lowest BCUT2D eigenvalue weighted by molar-refractivity contribution is -0.157. The third-order valence-corrected chi connectivity index (χ3v) is 9.23. The van der Waals surface area contributed by atoms with Gasteiger partial charge in [0.15, 0.2) is 0 Å². The SMILES string of the molecule is COCCOCC12C3C(=C(C)C)C4C1(COCCOC)C4(COCCOC)C32COCCOC. The van der Waals surface area contributed by atoms with Gasteiger partial charge in [0.1, 0.15) is 0 Å². The maximum Gasteiger partial charge on any atom is 0.0700 e. The summed E-state index contributed by atoms with van der Waals surface area (Å²) in [4.78, 5) is 0. The van der Waals surface area contributed by atoms with Crippen molar-refractivity contribution in [2.75, 3.05) is 108 Å². The van der Waals surface area contributed by atoms with Gasteiger partial charge in [-0.3, -0.25) is 0 Å². The Morgan fingerprint density at radius 3 is 0.971 bits per heavy atom. The molecule has 0 saturated heterocycles. The molecule has 8 heteroatoms. The molecule has 8 nitrogen and oxygen atoms in total. The summed E-state index contributed by atoms with van der Waals surface area (Å²) in [5.41, 5.74) is 3.11. The fourth-order valence-corrected chi connectivity index (χ4v) is 8.43. The van der Waals surface area contributed by atoms with Crippen molar-refractivity contribution in [1.29, 1.82) is 0 Å². The molecule has 5 fully saturated rings. The largest absolute Gasteiger partial charge is 0.382 e. The molecule has 0 amide bonds. The molecule has 0 aromatic heterocycles. The number of ether oxygens (including phenoxy) is 8. The van der Waals surface area contributed by atoms with E-state index in [4.69, 9.17) is 37.9 Å². The van der Waals surface area contributed by atoms with E-state index in [9.17, 15) is 0 Å². The molecule has 0 atom stereocenters. The fraction of sp³-hybridized carbons (Fsp3) is 0.923. The predicted molar refractivity (Wildman–Crippen MR) is 126 cm³/mol. The molecule has 0 radical (unpaired) electrons. The van der Waals surface area contributed by atoms with Crippen molar-refractivity contribution in [2.24, 2.45) is 33.5 Å². The third kappa shape index (κ3) is 3.19. The average molecular weight is 485 g/mol. The number of methoxy groups -OCH3 is 4. The van der Waals surface area contributed by atoms with Crippen LogP contribution >= 0.6 is 0 Å². The second-order valence-corrected chi connectivity index (χ2v) is 10.4. The van der Waals surface area contributed by atoms with Gasteiger partial charge in [0.25, 0.3) is 0 Å². The van der Waals surface area contributed by atoms with Crippen LogP contribution in [-0.2, 0) is 37.9 Å². The zero-order valence-electron chi connectivity index (χ0n) is 21.9. The predicted octanol–water partition coefficient (Wildman–Crippen LogP) is 2.21. The van der Waals surface area contributed by atoms with Crippen molar-refractivity contribution in [3.05, 3.63) is 11.1 Å². The summed E-state index contributed by atoms with van der Waals surface area (Å²) in [6, 6.07) is 0. The van der Waals surface area contributed by atoms with Gasteiger partial charge in [-0.05, 0) is 25.7 Å². The highest BCUT2D eigenvalue weighted by Gasteiger charge is 3.18. The molecule has 0 heterocycles. The summed E-state index contributed by atoms with van der Waals surface area (Å²) in [7, 11) is 6.84. The molecule has 5 saturated carbocycles. The summed E-state index contributed by atoms with van der Waals surface area (Å²) in [5.74, 6) is 0.911. The molecule has 0 aromatic rings. The van der Waals surface area contributed by atoms with Gasteiger partial charge in [-0.1, -0.05) is 11.1 Å². The van der Waals surface area contributed by atoms with Crippen molar-refractivity contribution in [2.45, 2.75) is 13.8 Å². The first-order chi connectivity index (χ1) is 16.6. The Balaban J connectivity index is 1.63. The molecule has 196 valence electrons. The van der Waals surface area contributed by atoms with Crippen molar-refractivity contribution in [3.8, 4) is 0 Å². The molecule has 0 aromatic carbocycles. The zero-order valence-corrected chi connectivity index (χ0v) is 21.9. The minimum absolute atomic E-state index is 0.0236. The van der Waals surface area contributed by atoms with Crippen LogP contribution in [0.2, 0.25) is 0 Å². The Bertz CT molecular complexity index is 620. The highest BCUT2D eigenvalue weighted by atomic mass is 16.5. The highest BCUT2D eigenvalue weighted by molar-refractivity contribution is 5.72. The molecule has 5 aliphatic rings. The van der Waals surface area contributed by atoms with E-state index in [1.807, 2.05) is 0 Å². The summed E-state index contributed by atoms with van der Waals surface area (Å²) in [6.45, 7) is 12.1. The van der Waals surface area contributed by atoms with Gasteiger partial charge in [-0.2, -0.15) is 0 Å². The van der Waals surface area contributed by atoms with Crippen LogP contribution in [0, 0.1) is 33.5 Å². The minimum Gasteiger partial charge on any atom is -0.382 e. The van der Waals surface area contributed by atoms with Crippen LogP contribution in [0.15, 0.2) is 11.1 Å². The first-order valence-corrected chi connectivity index (χ1v) is 12.5. The van der Waals surface area contributed by atoms with Crippen LogP contribution < -0.4 is 0 Å². The summed E-state index contributed by atoms with van der Waals surface area (Å²) < 4.78 is 46.0. The standard InChI is InChI=1S/C26H44O8/c1-19(2)20-21-23(15-31-11-7-27-3)24(21,16-32-12-8-28-4)26(18-34-14-10-30-6)22(20)25(23,26)17-33-13-9-29-5/h21-22H,7-18H2,1-6H3. The first kappa shape index (κ1) is 26.5. The van der Waals surface area contributed by atoms with Crippen molar-refractivity contribution < 1.29 is 37.9 Å². The summed E-state index contributed by atoms with van der Waals surface area (Å²) >= 11 is 0. The van der Waals surface area contributed by atoms with Crippen molar-refractivity contribution >= 4 is 0 Å². The van der Waals surface area contributed by atoms with Gasteiger partial charge in [0.2, 0.25) is 0 Å². The van der Waals surface area contributed by atoms with Gasteiger partial charge in [-0.25, -0.2) is 0 Å². The van der Waals surface area contributed by atoms with E-state index in [2.05, 4.69) is 13.8 Å². The maximum absolute atomic E-state index is 6.27. The number of hydrogen-bond donors (Lipinski definition) is 0. The summed E-state index contributed by atoms with van der Waals surface area (Å²) in [5, 5.41) is 0. The van der Waals surface area contributed by atoms with Gasteiger partial charge in [-0.15, -0.1) is 0 Å². The van der Waals surface area contributed by atoms with E-state index in [1.165, 1.54) is 5.57 Å². The molecule has 0 N–H and O–H groups in total. The summed E-state index contributed by atoms with van der Waals surface area (Å²) in [6.07, 6.45) is 0.